The summed E-state index contributed by atoms with van der Waals surface area (Å²) >= 11 is 1.87. The van der Waals surface area contributed by atoms with E-state index in [9.17, 15) is 0 Å². The lowest BCUT2D eigenvalue weighted by Crippen LogP contribution is -2.04. The summed E-state index contributed by atoms with van der Waals surface area (Å²) < 4.78 is 13.9. The summed E-state index contributed by atoms with van der Waals surface area (Å²) in [6.07, 6.45) is 0. The maximum absolute atomic E-state index is 6.39. The van der Waals surface area contributed by atoms with Crippen molar-refractivity contribution in [1.82, 2.24) is 9.13 Å². The monoisotopic (exact) mass is 680 g/mol. The van der Waals surface area contributed by atoms with E-state index in [1.54, 1.807) is 0 Å². The first kappa shape index (κ1) is 28.1. The first-order chi connectivity index (χ1) is 25.8. The summed E-state index contributed by atoms with van der Waals surface area (Å²) in [5, 5.41) is 7.61. The molecule has 0 saturated carbocycles. The van der Waals surface area contributed by atoms with Crippen LogP contribution in [0, 0.1) is 0 Å². The van der Waals surface area contributed by atoms with Gasteiger partial charge in [0.1, 0.15) is 0 Å². The molecule has 0 spiro atoms. The van der Waals surface area contributed by atoms with Crippen LogP contribution in [-0.4, -0.2) is 9.13 Å². The van der Waals surface area contributed by atoms with Gasteiger partial charge in [0.05, 0.1) is 27.8 Å². The summed E-state index contributed by atoms with van der Waals surface area (Å²) in [7, 11) is 0. The molecule has 0 N–H and O–H groups in total. The molecule has 0 bridgehead atoms. The zero-order chi connectivity index (χ0) is 33.9. The van der Waals surface area contributed by atoms with Crippen molar-refractivity contribution in [2.45, 2.75) is 0 Å². The first-order valence-corrected chi connectivity index (χ1v) is 18.5. The molecular weight excluding hydrogens is 653 g/mol. The molecule has 4 heterocycles. The van der Waals surface area contributed by atoms with Crippen molar-refractivity contribution in [3.8, 4) is 45.1 Å². The lowest BCUT2D eigenvalue weighted by molar-refractivity contribution is 0.476. The Kier molecular flexibility index (Phi) is 5.65. The Bertz CT molecular complexity index is 3270. The zero-order valence-corrected chi connectivity index (χ0v) is 28.7. The third-order valence-electron chi connectivity index (χ3n) is 10.9. The fraction of sp³-hybridized carbons (Fsp3) is 0. The van der Waals surface area contributed by atoms with E-state index in [0.717, 1.165) is 28.4 Å². The molecule has 0 radical (unpaired) electrons. The van der Waals surface area contributed by atoms with Crippen LogP contribution in [0.25, 0.3) is 97.4 Å². The Morgan fingerprint density at radius 3 is 1.98 bits per heavy atom. The van der Waals surface area contributed by atoms with Crippen molar-refractivity contribution in [1.29, 1.82) is 0 Å². The first-order valence-electron chi connectivity index (χ1n) is 17.7. The van der Waals surface area contributed by atoms with Crippen LogP contribution in [0.5, 0.6) is 11.5 Å². The number of benzene rings is 8. The second-order valence-corrected chi connectivity index (χ2v) is 14.8. The number of hydrogen-bond donors (Lipinski definition) is 0. The Balaban J connectivity index is 1.03. The third-order valence-corrected chi connectivity index (χ3v) is 12.1. The van der Waals surface area contributed by atoms with Gasteiger partial charge in [-0.15, -0.1) is 11.3 Å². The van der Waals surface area contributed by atoms with Crippen LogP contribution >= 0.6 is 11.3 Å². The van der Waals surface area contributed by atoms with E-state index in [-0.39, 0.29) is 0 Å². The molecule has 0 atom stereocenters. The molecule has 8 aromatic carbocycles. The van der Waals surface area contributed by atoms with E-state index in [4.69, 9.17) is 4.74 Å². The summed E-state index contributed by atoms with van der Waals surface area (Å²) in [6, 6.07) is 61.7. The van der Waals surface area contributed by atoms with Gasteiger partial charge in [-0.3, -0.25) is 0 Å². The molecule has 52 heavy (non-hydrogen) atoms. The molecule has 0 fully saturated rings. The number of fused-ring (bicyclic) bond motifs is 11. The van der Waals surface area contributed by atoms with E-state index in [1.165, 1.54) is 80.5 Å². The highest BCUT2D eigenvalue weighted by molar-refractivity contribution is 7.25. The minimum Gasteiger partial charge on any atom is -0.453 e. The molecular formula is C48H28N2OS. The summed E-state index contributed by atoms with van der Waals surface area (Å²) in [6.45, 7) is 0. The van der Waals surface area contributed by atoms with E-state index in [2.05, 4.69) is 173 Å². The highest BCUT2D eigenvalue weighted by Crippen LogP contribution is 2.48. The van der Waals surface area contributed by atoms with Gasteiger partial charge >= 0.3 is 0 Å². The zero-order valence-electron chi connectivity index (χ0n) is 27.9. The molecule has 0 aliphatic carbocycles. The van der Waals surface area contributed by atoms with Gasteiger partial charge in [0.15, 0.2) is 11.5 Å². The average molecular weight is 681 g/mol. The Labute approximate surface area is 302 Å². The standard InChI is InChI=1S/C48H28N2OS/c1-3-16-39-34(10-1)38-28-30(32-12-9-21-45-46(32)37-11-2-6-20-44(37)52-45)24-27-40(38)49(39)31-25-22-29(23-26-31)33-13-7-14-35-36-15-8-19-43-48(36)50(47(33)35)41-17-4-5-18-42(41)51-43/h1-28H. The summed E-state index contributed by atoms with van der Waals surface area (Å²) in [5.74, 6) is 1.77. The van der Waals surface area contributed by atoms with E-state index in [0.29, 0.717) is 0 Å². The second kappa shape index (κ2) is 10.5. The number of rotatable bonds is 3. The van der Waals surface area contributed by atoms with E-state index < -0.39 is 0 Å². The quantitative estimate of drug-likeness (QED) is 0.182. The van der Waals surface area contributed by atoms with Crippen molar-refractivity contribution in [3.63, 3.8) is 0 Å². The Morgan fingerprint density at radius 2 is 1.06 bits per heavy atom. The van der Waals surface area contributed by atoms with Gasteiger partial charge in [-0.05, 0) is 77.4 Å². The number of hydrogen-bond acceptors (Lipinski definition) is 2. The van der Waals surface area contributed by atoms with Gasteiger partial charge < -0.3 is 13.9 Å². The lowest BCUT2D eigenvalue weighted by atomic mass is 9.98. The summed E-state index contributed by atoms with van der Waals surface area (Å²) in [5.41, 5.74) is 11.8. The van der Waals surface area contributed by atoms with Crippen LogP contribution in [0.3, 0.4) is 0 Å². The number of thiophene rings is 1. The van der Waals surface area contributed by atoms with Gasteiger partial charge in [-0.1, -0.05) is 109 Å². The van der Waals surface area contributed by atoms with Crippen molar-refractivity contribution in [2.24, 2.45) is 0 Å². The SMILES string of the molecule is c1ccc2c(c1)Oc1cccc3c4cccc(-c5ccc(-n6c7ccccc7c7cc(-c8cccc9sc%10ccccc%10c89)ccc76)cc5)c4n-2c13. The van der Waals surface area contributed by atoms with Gasteiger partial charge in [-0.25, -0.2) is 0 Å². The van der Waals surface area contributed by atoms with Crippen LogP contribution in [0.1, 0.15) is 0 Å². The lowest BCUT2D eigenvalue weighted by Gasteiger charge is -2.21. The number of nitrogens with zero attached hydrogens (tertiary/aromatic N) is 2. The highest BCUT2D eigenvalue weighted by atomic mass is 32.1. The Morgan fingerprint density at radius 1 is 0.404 bits per heavy atom. The van der Waals surface area contributed by atoms with E-state index in [1.807, 2.05) is 17.4 Å². The van der Waals surface area contributed by atoms with Gasteiger partial charge in [0, 0.05) is 53.0 Å². The maximum atomic E-state index is 6.39. The molecule has 1 aliphatic heterocycles. The average Bonchev–Trinajstić information content (AvgIpc) is 3.87. The van der Waals surface area contributed by atoms with Gasteiger partial charge in [0.2, 0.25) is 0 Å². The molecule has 0 unspecified atom stereocenters. The summed E-state index contributed by atoms with van der Waals surface area (Å²) in [4.78, 5) is 0. The molecule has 0 saturated heterocycles. The van der Waals surface area contributed by atoms with Gasteiger partial charge in [0.25, 0.3) is 0 Å². The second-order valence-electron chi connectivity index (χ2n) is 13.7. The maximum Gasteiger partial charge on any atom is 0.152 e. The molecule has 11 aromatic rings. The minimum absolute atomic E-state index is 0.875. The van der Waals surface area contributed by atoms with Crippen molar-refractivity contribution < 1.29 is 4.74 Å². The number of para-hydroxylation sites is 5. The molecule has 0 amide bonds. The van der Waals surface area contributed by atoms with Gasteiger partial charge in [-0.2, -0.15) is 0 Å². The number of aromatic nitrogens is 2. The fourth-order valence-corrected chi connectivity index (χ4v) is 9.84. The topological polar surface area (TPSA) is 19.1 Å². The van der Waals surface area contributed by atoms with Crippen LogP contribution < -0.4 is 4.74 Å². The van der Waals surface area contributed by atoms with E-state index >= 15 is 0 Å². The molecule has 242 valence electrons. The predicted octanol–water partition coefficient (Wildman–Crippen LogP) is 13.7. The van der Waals surface area contributed by atoms with Crippen molar-refractivity contribution >= 4 is 75.1 Å². The normalized spacial score (nSPS) is 12.4. The third kappa shape index (κ3) is 3.79. The molecule has 12 rings (SSSR count). The largest absolute Gasteiger partial charge is 0.453 e. The number of ether oxygens (including phenoxy) is 1. The minimum atomic E-state index is 0.875. The van der Waals surface area contributed by atoms with Crippen molar-refractivity contribution in [3.05, 3.63) is 170 Å². The molecule has 3 nitrogen and oxygen atoms in total. The Hall–Kier alpha value is -6.62. The van der Waals surface area contributed by atoms with Crippen LogP contribution in [0.15, 0.2) is 170 Å². The molecule has 4 heteroatoms. The smallest absolute Gasteiger partial charge is 0.152 e. The highest BCUT2D eigenvalue weighted by Gasteiger charge is 2.25. The van der Waals surface area contributed by atoms with Crippen LogP contribution in [0.4, 0.5) is 0 Å². The predicted molar refractivity (Wildman–Crippen MR) is 219 cm³/mol. The fourth-order valence-electron chi connectivity index (χ4n) is 8.71. The molecule has 3 aromatic heterocycles. The van der Waals surface area contributed by atoms with Crippen LogP contribution in [0.2, 0.25) is 0 Å². The van der Waals surface area contributed by atoms with Crippen LogP contribution in [-0.2, 0) is 0 Å². The van der Waals surface area contributed by atoms with Crippen molar-refractivity contribution in [2.75, 3.05) is 0 Å². The molecule has 1 aliphatic rings.